The summed E-state index contributed by atoms with van der Waals surface area (Å²) in [5.41, 5.74) is 0.430. The normalized spacial score (nSPS) is 10.7. The monoisotopic (exact) mass is 299 g/mol. The molecular formula is C14H22ClN3O2. The van der Waals surface area contributed by atoms with Crippen LogP contribution in [0.2, 0.25) is 5.02 Å². The number of hydrogen-bond acceptors (Lipinski definition) is 4. The fourth-order valence-corrected chi connectivity index (χ4v) is 2.03. The van der Waals surface area contributed by atoms with Gasteiger partial charge in [0.2, 0.25) is 0 Å². The van der Waals surface area contributed by atoms with Gasteiger partial charge in [-0.25, -0.2) is 4.98 Å². The lowest BCUT2D eigenvalue weighted by Crippen LogP contribution is -2.39. The number of carbonyl (C=O) groups excluding carboxylic acids is 1. The number of nitrogens with zero attached hydrogens (tertiary/aromatic N) is 2. The molecule has 0 aromatic carbocycles. The minimum atomic E-state index is -0.175. The fourth-order valence-electron chi connectivity index (χ4n) is 1.80. The van der Waals surface area contributed by atoms with Crippen molar-refractivity contribution >= 4 is 23.3 Å². The number of rotatable bonds is 7. The van der Waals surface area contributed by atoms with Gasteiger partial charge in [0, 0.05) is 25.3 Å². The molecule has 5 nitrogen and oxygen atoms in total. The van der Waals surface area contributed by atoms with E-state index in [0.29, 0.717) is 22.9 Å². The summed E-state index contributed by atoms with van der Waals surface area (Å²) < 4.78 is 0. The van der Waals surface area contributed by atoms with Crippen LogP contribution in [-0.4, -0.2) is 46.6 Å². The molecule has 0 saturated carbocycles. The molecule has 0 unspecified atom stereocenters. The van der Waals surface area contributed by atoms with Crippen LogP contribution in [0.1, 0.15) is 37.6 Å². The number of aromatic nitrogens is 1. The molecule has 0 atom stereocenters. The summed E-state index contributed by atoms with van der Waals surface area (Å²) in [7, 11) is 0. The van der Waals surface area contributed by atoms with Crippen LogP contribution in [0.25, 0.3) is 0 Å². The second kappa shape index (κ2) is 8.07. The molecule has 0 aliphatic carbocycles. The lowest BCUT2D eigenvalue weighted by Gasteiger charge is -2.26. The topological polar surface area (TPSA) is 65.5 Å². The van der Waals surface area contributed by atoms with Crippen molar-refractivity contribution in [2.45, 2.75) is 33.2 Å². The van der Waals surface area contributed by atoms with Crippen molar-refractivity contribution in [3.05, 3.63) is 22.8 Å². The Morgan fingerprint density at radius 1 is 1.55 bits per heavy atom. The van der Waals surface area contributed by atoms with E-state index in [2.05, 4.69) is 10.3 Å². The van der Waals surface area contributed by atoms with E-state index in [9.17, 15) is 4.79 Å². The third-order valence-electron chi connectivity index (χ3n) is 2.86. The summed E-state index contributed by atoms with van der Waals surface area (Å²) in [5, 5.41) is 12.6. The molecule has 1 aromatic rings. The third kappa shape index (κ3) is 4.35. The second-order valence-electron chi connectivity index (χ2n) is 4.80. The SMILES string of the molecule is CCCNc1ncc(C(=O)N(CCO)C(C)C)cc1Cl. The maximum Gasteiger partial charge on any atom is 0.255 e. The van der Waals surface area contributed by atoms with E-state index in [0.717, 1.165) is 13.0 Å². The Labute approximate surface area is 125 Å². The van der Waals surface area contributed by atoms with Gasteiger partial charge in [-0.2, -0.15) is 0 Å². The number of nitrogens with one attached hydrogen (secondary N) is 1. The highest BCUT2D eigenvalue weighted by atomic mass is 35.5. The van der Waals surface area contributed by atoms with Crippen molar-refractivity contribution in [1.82, 2.24) is 9.88 Å². The predicted octanol–water partition coefficient (Wildman–Crippen LogP) is 2.40. The lowest BCUT2D eigenvalue weighted by atomic mass is 10.2. The number of aliphatic hydroxyl groups is 1. The van der Waals surface area contributed by atoms with Gasteiger partial charge in [-0.05, 0) is 26.3 Å². The van der Waals surface area contributed by atoms with E-state index in [1.807, 2.05) is 20.8 Å². The number of pyridine rings is 1. The number of carbonyl (C=O) groups is 1. The Balaban J connectivity index is 2.90. The van der Waals surface area contributed by atoms with Crippen LogP contribution >= 0.6 is 11.6 Å². The Morgan fingerprint density at radius 2 is 2.25 bits per heavy atom. The maximum atomic E-state index is 12.3. The van der Waals surface area contributed by atoms with Crippen LogP contribution in [0.15, 0.2) is 12.3 Å². The quantitative estimate of drug-likeness (QED) is 0.811. The zero-order valence-electron chi connectivity index (χ0n) is 12.2. The number of hydrogen-bond donors (Lipinski definition) is 2. The number of aliphatic hydroxyl groups excluding tert-OH is 1. The summed E-state index contributed by atoms with van der Waals surface area (Å²) in [4.78, 5) is 18.1. The van der Waals surface area contributed by atoms with E-state index in [1.165, 1.54) is 6.20 Å². The fraction of sp³-hybridized carbons (Fsp3) is 0.571. The van der Waals surface area contributed by atoms with Gasteiger partial charge in [0.25, 0.3) is 5.91 Å². The standard InChI is InChI=1S/C14H22ClN3O2/c1-4-5-16-13-12(15)8-11(9-17-13)14(20)18(6-7-19)10(2)3/h8-10,19H,4-7H2,1-3H3,(H,16,17). The van der Waals surface area contributed by atoms with Gasteiger partial charge in [0.05, 0.1) is 17.2 Å². The van der Waals surface area contributed by atoms with Crippen LogP contribution in [0.3, 0.4) is 0 Å². The average molecular weight is 300 g/mol. The molecule has 0 fully saturated rings. The molecule has 0 radical (unpaired) electrons. The van der Waals surface area contributed by atoms with Crippen molar-refractivity contribution in [1.29, 1.82) is 0 Å². The molecule has 1 aromatic heterocycles. The molecule has 6 heteroatoms. The summed E-state index contributed by atoms with van der Waals surface area (Å²) >= 11 is 6.13. The van der Waals surface area contributed by atoms with Crippen LogP contribution < -0.4 is 5.32 Å². The highest BCUT2D eigenvalue weighted by Crippen LogP contribution is 2.21. The molecule has 1 rings (SSSR count). The number of amides is 1. The molecule has 0 aliphatic heterocycles. The van der Waals surface area contributed by atoms with Crippen molar-refractivity contribution < 1.29 is 9.90 Å². The van der Waals surface area contributed by atoms with E-state index in [4.69, 9.17) is 16.7 Å². The molecule has 112 valence electrons. The van der Waals surface area contributed by atoms with Crippen molar-refractivity contribution in [3.8, 4) is 0 Å². The zero-order valence-corrected chi connectivity index (χ0v) is 12.9. The third-order valence-corrected chi connectivity index (χ3v) is 3.14. The van der Waals surface area contributed by atoms with Gasteiger partial charge in [0.15, 0.2) is 0 Å². The maximum absolute atomic E-state index is 12.3. The van der Waals surface area contributed by atoms with Crippen LogP contribution in [-0.2, 0) is 0 Å². The van der Waals surface area contributed by atoms with Crippen molar-refractivity contribution in [2.75, 3.05) is 25.0 Å². The summed E-state index contributed by atoms with van der Waals surface area (Å²) in [6.07, 6.45) is 2.48. The Kier molecular flexibility index (Phi) is 6.75. The molecule has 1 heterocycles. The van der Waals surface area contributed by atoms with Crippen LogP contribution in [0.4, 0.5) is 5.82 Å². The molecule has 0 spiro atoms. The molecule has 2 N–H and O–H groups in total. The van der Waals surface area contributed by atoms with E-state index in [-0.39, 0.29) is 18.6 Å². The summed E-state index contributed by atoms with van der Waals surface area (Å²) in [6.45, 7) is 6.86. The van der Waals surface area contributed by atoms with Gasteiger partial charge in [-0.1, -0.05) is 18.5 Å². The van der Waals surface area contributed by atoms with E-state index < -0.39 is 0 Å². The van der Waals surface area contributed by atoms with Gasteiger partial charge in [-0.3, -0.25) is 4.79 Å². The van der Waals surface area contributed by atoms with Gasteiger partial charge in [-0.15, -0.1) is 0 Å². The molecule has 0 bridgehead atoms. The van der Waals surface area contributed by atoms with Crippen LogP contribution in [0, 0.1) is 0 Å². The van der Waals surface area contributed by atoms with Crippen molar-refractivity contribution in [2.24, 2.45) is 0 Å². The second-order valence-corrected chi connectivity index (χ2v) is 5.20. The molecule has 0 saturated heterocycles. The first-order valence-corrected chi connectivity index (χ1v) is 7.20. The minimum absolute atomic E-state index is 0.00585. The molecular weight excluding hydrogens is 278 g/mol. The molecule has 0 aliphatic rings. The predicted molar refractivity (Wildman–Crippen MR) is 81.3 cm³/mol. The summed E-state index contributed by atoms with van der Waals surface area (Å²) in [6, 6.07) is 1.62. The first-order valence-electron chi connectivity index (χ1n) is 6.82. The van der Waals surface area contributed by atoms with Gasteiger partial charge >= 0.3 is 0 Å². The van der Waals surface area contributed by atoms with Crippen LogP contribution in [0.5, 0.6) is 0 Å². The zero-order chi connectivity index (χ0) is 15.1. The highest BCUT2D eigenvalue weighted by molar-refractivity contribution is 6.33. The number of anilines is 1. The largest absolute Gasteiger partial charge is 0.395 e. The molecule has 1 amide bonds. The first kappa shape index (κ1) is 16.7. The van der Waals surface area contributed by atoms with Gasteiger partial charge in [0.1, 0.15) is 5.82 Å². The Morgan fingerprint density at radius 3 is 2.75 bits per heavy atom. The smallest absolute Gasteiger partial charge is 0.255 e. The first-order chi connectivity index (χ1) is 9.51. The Hall–Kier alpha value is -1.33. The highest BCUT2D eigenvalue weighted by Gasteiger charge is 2.19. The van der Waals surface area contributed by atoms with E-state index in [1.54, 1.807) is 11.0 Å². The average Bonchev–Trinajstić information content (AvgIpc) is 2.42. The summed E-state index contributed by atoms with van der Waals surface area (Å²) in [5.74, 6) is 0.411. The van der Waals surface area contributed by atoms with Crippen molar-refractivity contribution in [3.63, 3.8) is 0 Å². The minimum Gasteiger partial charge on any atom is -0.395 e. The van der Waals surface area contributed by atoms with E-state index >= 15 is 0 Å². The van der Waals surface area contributed by atoms with Gasteiger partial charge < -0.3 is 15.3 Å². The number of halogens is 1. The lowest BCUT2D eigenvalue weighted by molar-refractivity contribution is 0.0665. The Bertz CT molecular complexity index is 452. The molecule has 20 heavy (non-hydrogen) atoms.